The number of aromatic nitrogens is 4. The van der Waals surface area contributed by atoms with Crippen LogP contribution in [-0.2, 0) is 4.79 Å². The molecule has 3 heterocycles. The van der Waals surface area contributed by atoms with Gasteiger partial charge in [-0.05, 0) is 48.9 Å². The number of β-lactam (4-membered cyclic amide) rings is 1. The number of tetrazole rings is 1. The van der Waals surface area contributed by atoms with E-state index in [1.807, 2.05) is 36.1 Å². The SMILES string of the molecule is Cc1cccc(-n2nnnc2C2N3C(=O)C(N)C3SC2(C)C)c1. The maximum absolute atomic E-state index is 12.2. The average molecular weight is 330 g/mol. The number of rotatable bonds is 2. The molecule has 7 nitrogen and oxygen atoms in total. The number of amides is 1. The lowest BCUT2D eigenvalue weighted by Gasteiger charge is -2.42. The predicted octanol–water partition coefficient (Wildman–Crippen LogP) is 1.03. The Labute approximate surface area is 138 Å². The normalized spacial score (nSPS) is 28.6. The summed E-state index contributed by atoms with van der Waals surface area (Å²) in [6.07, 6.45) is 0. The minimum absolute atomic E-state index is 0.00478. The van der Waals surface area contributed by atoms with Crippen molar-refractivity contribution < 1.29 is 4.79 Å². The van der Waals surface area contributed by atoms with Gasteiger partial charge in [-0.25, -0.2) is 0 Å². The molecule has 1 aromatic carbocycles. The molecular formula is C15H18N6OS. The van der Waals surface area contributed by atoms with Crippen LogP contribution < -0.4 is 5.73 Å². The van der Waals surface area contributed by atoms with Crippen LogP contribution in [0.15, 0.2) is 24.3 Å². The maximum Gasteiger partial charge on any atom is 0.244 e. The van der Waals surface area contributed by atoms with Gasteiger partial charge in [-0.1, -0.05) is 12.1 Å². The van der Waals surface area contributed by atoms with Crippen molar-refractivity contribution in [3.05, 3.63) is 35.7 Å². The summed E-state index contributed by atoms with van der Waals surface area (Å²) < 4.78 is 1.52. The fourth-order valence-electron chi connectivity index (χ4n) is 3.37. The first kappa shape index (κ1) is 14.6. The number of carbonyl (C=O) groups excluding carboxylic acids is 1. The van der Waals surface area contributed by atoms with Crippen LogP contribution >= 0.6 is 11.8 Å². The quantitative estimate of drug-likeness (QED) is 0.827. The number of nitrogens with zero attached hydrogens (tertiary/aromatic N) is 5. The molecule has 2 N–H and O–H groups in total. The van der Waals surface area contributed by atoms with E-state index in [-0.39, 0.29) is 22.1 Å². The first-order valence-corrected chi connectivity index (χ1v) is 8.39. The van der Waals surface area contributed by atoms with E-state index >= 15 is 0 Å². The van der Waals surface area contributed by atoms with Crippen LogP contribution in [0.4, 0.5) is 0 Å². The number of aryl methyl sites for hydroxylation is 1. The Balaban J connectivity index is 1.80. The molecule has 0 aliphatic carbocycles. The van der Waals surface area contributed by atoms with E-state index in [2.05, 4.69) is 29.4 Å². The molecule has 0 spiro atoms. The van der Waals surface area contributed by atoms with Crippen LogP contribution in [0.1, 0.15) is 31.3 Å². The van der Waals surface area contributed by atoms with Crippen LogP contribution in [0, 0.1) is 6.92 Å². The Kier molecular flexibility index (Phi) is 3.05. The van der Waals surface area contributed by atoms with E-state index in [4.69, 9.17) is 5.73 Å². The summed E-state index contributed by atoms with van der Waals surface area (Å²) in [6, 6.07) is 7.36. The third-order valence-electron chi connectivity index (χ3n) is 4.47. The molecule has 2 saturated heterocycles. The second-order valence-corrected chi connectivity index (χ2v) is 8.34. The van der Waals surface area contributed by atoms with Gasteiger partial charge in [0, 0.05) is 4.75 Å². The van der Waals surface area contributed by atoms with Crippen molar-refractivity contribution in [1.29, 1.82) is 0 Å². The standard InChI is InChI=1S/C15H18N6OS/c1-8-5-4-6-9(7-8)21-12(17-18-19-21)11-15(2,3)23-14-10(16)13(22)20(11)14/h4-7,10-11,14H,16H2,1-3H3. The predicted molar refractivity (Wildman–Crippen MR) is 86.9 cm³/mol. The van der Waals surface area contributed by atoms with Gasteiger partial charge in [-0.15, -0.1) is 16.9 Å². The molecule has 2 aliphatic heterocycles. The Morgan fingerprint density at radius 1 is 1.35 bits per heavy atom. The minimum atomic E-state index is -0.424. The molecule has 3 atom stereocenters. The lowest BCUT2D eigenvalue weighted by molar-refractivity contribution is -0.147. The second-order valence-electron chi connectivity index (χ2n) is 6.57. The lowest BCUT2D eigenvalue weighted by atomic mass is 9.95. The first-order valence-electron chi connectivity index (χ1n) is 7.51. The van der Waals surface area contributed by atoms with Crippen molar-refractivity contribution in [2.24, 2.45) is 5.73 Å². The van der Waals surface area contributed by atoms with Crippen molar-refractivity contribution in [3.63, 3.8) is 0 Å². The number of carbonyl (C=O) groups is 1. The van der Waals surface area contributed by atoms with Gasteiger partial charge in [0.1, 0.15) is 17.5 Å². The van der Waals surface area contributed by atoms with E-state index in [0.717, 1.165) is 11.3 Å². The Morgan fingerprint density at radius 3 is 2.87 bits per heavy atom. The monoisotopic (exact) mass is 330 g/mol. The average Bonchev–Trinajstić information content (AvgIpc) is 3.07. The molecule has 0 radical (unpaired) electrons. The lowest BCUT2D eigenvalue weighted by Crippen LogP contribution is -2.65. The molecule has 4 rings (SSSR count). The smallest absolute Gasteiger partial charge is 0.244 e. The van der Waals surface area contributed by atoms with E-state index in [1.54, 1.807) is 16.4 Å². The summed E-state index contributed by atoms with van der Waals surface area (Å²) in [6.45, 7) is 6.24. The third-order valence-corrected chi connectivity index (χ3v) is 6.06. The number of nitrogens with two attached hydrogens (primary N) is 1. The van der Waals surface area contributed by atoms with Crippen molar-refractivity contribution in [1.82, 2.24) is 25.1 Å². The van der Waals surface area contributed by atoms with Gasteiger partial charge < -0.3 is 10.6 Å². The van der Waals surface area contributed by atoms with Crippen LogP contribution in [0.25, 0.3) is 5.69 Å². The molecule has 23 heavy (non-hydrogen) atoms. The highest BCUT2D eigenvalue weighted by Gasteiger charge is 2.62. The van der Waals surface area contributed by atoms with Crippen molar-refractivity contribution in [3.8, 4) is 5.69 Å². The van der Waals surface area contributed by atoms with Gasteiger partial charge in [0.2, 0.25) is 5.91 Å². The highest BCUT2D eigenvalue weighted by atomic mass is 32.2. The molecular weight excluding hydrogens is 312 g/mol. The largest absolute Gasteiger partial charge is 0.317 e. The molecule has 0 saturated carbocycles. The highest BCUT2D eigenvalue weighted by molar-refractivity contribution is 8.01. The van der Waals surface area contributed by atoms with Gasteiger partial charge in [0.25, 0.3) is 0 Å². The van der Waals surface area contributed by atoms with Crippen LogP contribution in [-0.4, -0.2) is 47.2 Å². The number of hydrogen-bond donors (Lipinski definition) is 1. The van der Waals surface area contributed by atoms with Crippen LogP contribution in [0.5, 0.6) is 0 Å². The summed E-state index contributed by atoms with van der Waals surface area (Å²) >= 11 is 1.71. The Morgan fingerprint density at radius 2 is 2.13 bits per heavy atom. The van der Waals surface area contributed by atoms with Gasteiger partial charge in [0.05, 0.1) is 5.69 Å². The maximum atomic E-state index is 12.2. The van der Waals surface area contributed by atoms with Gasteiger partial charge in [-0.3, -0.25) is 4.79 Å². The van der Waals surface area contributed by atoms with Gasteiger partial charge in [0.15, 0.2) is 5.82 Å². The van der Waals surface area contributed by atoms with Crippen molar-refractivity contribution >= 4 is 17.7 Å². The molecule has 1 aromatic heterocycles. The molecule has 3 unspecified atom stereocenters. The summed E-state index contributed by atoms with van der Waals surface area (Å²) in [4.78, 5) is 14.1. The number of fused-ring (bicyclic) bond motifs is 1. The molecule has 120 valence electrons. The Hall–Kier alpha value is -1.93. The fraction of sp³-hybridized carbons (Fsp3) is 0.467. The zero-order chi connectivity index (χ0) is 16.4. The molecule has 2 aromatic rings. The molecule has 8 heteroatoms. The van der Waals surface area contributed by atoms with Crippen LogP contribution in [0.3, 0.4) is 0 Å². The zero-order valence-electron chi connectivity index (χ0n) is 13.2. The van der Waals surface area contributed by atoms with Crippen molar-refractivity contribution in [2.45, 2.75) is 43.0 Å². The molecule has 0 bridgehead atoms. The first-order chi connectivity index (χ1) is 10.9. The number of thioether (sulfide) groups is 1. The second kappa shape index (κ2) is 4.78. The van der Waals surface area contributed by atoms with Gasteiger partial charge >= 0.3 is 0 Å². The van der Waals surface area contributed by atoms with E-state index in [0.29, 0.717) is 5.82 Å². The third kappa shape index (κ3) is 2.01. The van der Waals surface area contributed by atoms with Gasteiger partial charge in [-0.2, -0.15) is 4.68 Å². The van der Waals surface area contributed by atoms with E-state index in [1.165, 1.54) is 0 Å². The van der Waals surface area contributed by atoms with E-state index in [9.17, 15) is 4.79 Å². The summed E-state index contributed by atoms with van der Waals surface area (Å²) in [7, 11) is 0. The summed E-state index contributed by atoms with van der Waals surface area (Å²) in [5.41, 5.74) is 7.97. The number of hydrogen-bond acceptors (Lipinski definition) is 6. The molecule has 2 fully saturated rings. The molecule has 2 aliphatic rings. The Bertz CT molecular complexity index is 788. The van der Waals surface area contributed by atoms with E-state index < -0.39 is 6.04 Å². The summed E-state index contributed by atoms with van der Waals surface area (Å²) in [5, 5.41) is 12.2. The summed E-state index contributed by atoms with van der Waals surface area (Å²) in [5.74, 6) is 0.646. The highest BCUT2D eigenvalue weighted by Crippen LogP contribution is 2.56. The van der Waals surface area contributed by atoms with Crippen LogP contribution in [0.2, 0.25) is 0 Å². The fourth-order valence-corrected chi connectivity index (χ4v) is 4.94. The van der Waals surface area contributed by atoms with Crippen molar-refractivity contribution in [2.75, 3.05) is 0 Å². The minimum Gasteiger partial charge on any atom is -0.317 e. The number of benzene rings is 1. The molecule has 1 amide bonds. The zero-order valence-corrected chi connectivity index (χ0v) is 14.0. The topological polar surface area (TPSA) is 89.9 Å².